The second-order valence-corrected chi connectivity index (χ2v) is 9.73. The minimum atomic E-state index is -3.51. The molecule has 0 spiro atoms. The molecule has 1 heterocycles. The van der Waals surface area contributed by atoms with Crippen LogP contribution >= 0.6 is 11.3 Å². The number of amides is 3. The van der Waals surface area contributed by atoms with Crippen molar-refractivity contribution in [2.75, 3.05) is 22.9 Å². The molecule has 12 heteroatoms. The van der Waals surface area contributed by atoms with Crippen LogP contribution in [0.1, 0.15) is 27.6 Å². The Morgan fingerprint density at radius 1 is 0.971 bits per heavy atom. The molecule has 4 N–H and O–H groups in total. The molecular weight excluding hydrogens is 480 g/mol. The summed E-state index contributed by atoms with van der Waals surface area (Å²) in [5.74, 6) is -1.26. The number of urea groups is 1. The topological polar surface area (TPSA) is 143 Å². The van der Waals surface area contributed by atoms with Crippen LogP contribution in [0.4, 0.5) is 15.5 Å². The monoisotopic (exact) mass is 502 g/mol. The second-order valence-electron chi connectivity index (χ2n) is 6.93. The molecule has 0 unspecified atom stereocenters. The number of anilines is 2. The van der Waals surface area contributed by atoms with E-state index in [2.05, 4.69) is 20.9 Å². The summed E-state index contributed by atoms with van der Waals surface area (Å²) in [7, 11) is -3.51. The highest BCUT2D eigenvalue weighted by molar-refractivity contribution is 7.92. The fourth-order valence-corrected chi connectivity index (χ4v) is 4.45. The van der Waals surface area contributed by atoms with E-state index >= 15 is 0 Å². The number of sulfonamides is 1. The van der Waals surface area contributed by atoms with Gasteiger partial charge < -0.3 is 4.74 Å². The Labute approximate surface area is 200 Å². The van der Waals surface area contributed by atoms with E-state index in [0.717, 1.165) is 16.7 Å². The Morgan fingerprint density at radius 2 is 1.71 bits per heavy atom. The number of hydrazine groups is 1. The standard InChI is InChI=1S/C22H22N4O6S2/c1-3-32-21(28)17-13-18(14-8-5-4-6-9-14)33-20(17)23-22(29)25-24-19(27)15-10-7-11-16(12-15)26-34(2,30)31/h4-13,26H,3H2,1-2H3,(H,24,27)(H2,23,25,29). The van der Waals surface area contributed by atoms with Gasteiger partial charge in [0.15, 0.2) is 0 Å². The van der Waals surface area contributed by atoms with Gasteiger partial charge >= 0.3 is 12.0 Å². The van der Waals surface area contributed by atoms with Crippen LogP contribution in [0.3, 0.4) is 0 Å². The van der Waals surface area contributed by atoms with Gasteiger partial charge in [0.25, 0.3) is 5.91 Å². The van der Waals surface area contributed by atoms with Gasteiger partial charge in [0.05, 0.1) is 18.4 Å². The van der Waals surface area contributed by atoms with E-state index in [-0.39, 0.29) is 28.4 Å². The van der Waals surface area contributed by atoms with Gasteiger partial charge in [0.2, 0.25) is 10.0 Å². The third-order valence-electron chi connectivity index (χ3n) is 4.23. The van der Waals surface area contributed by atoms with E-state index in [1.54, 1.807) is 13.0 Å². The molecule has 0 fully saturated rings. The maximum absolute atomic E-state index is 12.4. The second kappa shape index (κ2) is 10.8. The molecule has 0 bridgehead atoms. The SMILES string of the molecule is CCOC(=O)c1cc(-c2ccccc2)sc1NC(=O)NNC(=O)c1cccc(NS(C)(=O)=O)c1. The van der Waals surface area contributed by atoms with Crippen LogP contribution in [0.15, 0.2) is 60.7 Å². The summed E-state index contributed by atoms with van der Waals surface area (Å²) in [5.41, 5.74) is 5.81. The minimum Gasteiger partial charge on any atom is -0.462 e. The van der Waals surface area contributed by atoms with Crippen molar-refractivity contribution in [3.05, 3.63) is 71.8 Å². The highest BCUT2D eigenvalue weighted by Crippen LogP contribution is 2.35. The van der Waals surface area contributed by atoms with E-state index in [1.165, 1.54) is 35.6 Å². The fourth-order valence-electron chi connectivity index (χ4n) is 2.85. The molecule has 0 radical (unpaired) electrons. The number of hydrogen-bond acceptors (Lipinski definition) is 7. The van der Waals surface area contributed by atoms with Crippen molar-refractivity contribution < 1.29 is 27.5 Å². The summed E-state index contributed by atoms with van der Waals surface area (Å²) >= 11 is 1.18. The normalized spacial score (nSPS) is 10.8. The molecule has 0 saturated carbocycles. The van der Waals surface area contributed by atoms with Gasteiger partial charge in [0, 0.05) is 16.1 Å². The summed E-state index contributed by atoms with van der Waals surface area (Å²) < 4.78 is 30.1. The highest BCUT2D eigenvalue weighted by atomic mass is 32.2. The number of thiophene rings is 1. The molecule has 3 aromatic rings. The zero-order valence-corrected chi connectivity index (χ0v) is 19.9. The van der Waals surface area contributed by atoms with Gasteiger partial charge in [-0.2, -0.15) is 0 Å². The van der Waals surface area contributed by atoms with Crippen molar-refractivity contribution >= 4 is 50.0 Å². The number of carbonyl (C=O) groups excluding carboxylic acids is 3. The first-order chi connectivity index (χ1) is 16.2. The molecule has 1 aromatic heterocycles. The third kappa shape index (κ3) is 6.80. The molecule has 0 atom stereocenters. The Balaban J connectivity index is 1.69. The van der Waals surface area contributed by atoms with Crippen LogP contribution in [0.5, 0.6) is 0 Å². The Bertz CT molecular complexity index is 1310. The smallest absolute Gasteiger partial charge is 0.341 e. The molecule has 0 aliphatic carbocycles. The van der Waals surface area contributed by atoms with Crippen LogP contribution in [0.2, 0.25) is 0 Å². The van der Waals surface area contributed by atoms with Crippen molar-refractivity contribution in [3.63, 3.8) is 0 Å². The van der Waals surface area contributed by atoms with Crippen LogP contribution in [0.25, 0.3) is 10.4 Å². The molecule has 10 nitrogen and oxygen atoms in total. The fraction of sp³-hybridized carbons (Fsp3) is 0.136. The number of rotatable bonds is 7. The van der Waals surface area contributed by atoms with Gasteiger partial charge in [0.1, 0.15) is 5.00 Å². The maximum Gasteiger partial charge on any atom is 0.341 e. The number of nitrogens with one attached hydrogen (secondary N) is 4. The van der Waals surface area contributed by atoms with E-state index in [9.17, 15) is 22.8 Å². The Kier molecular flexibility index (Phi) is 7.87. The quantitative estimate of drug-likeness (QED) is 0.288. The summed E-state index contributed by atoms with van der Waals surface area (Å²) in [5, 5.41) is 2.80. The number of esters is 1. The number of benzene rings is 2. The van der Waals surface area contributed by atoms with E-state index in [4.69, 9.17) is 4.74 Å². The van der Waals surface area contributed by atoms with Crippen molar-refractivity contribution in [2.45, 2.75) is 6.92 Å². The van der Waals surface area contributed by atoms with Crippen LogP contribution in [-0.2, 0) is 14.8 Å². The molecule has 0 aliphatic heterocycles. The van der Waals surface area contributed by atoms with Crippen LogP contribution < -0.4 is 20.9 Å². The largest absolute Gasteiger partial charge is 0.462 e. The van der Waals surface area contributed by atoms with Crippen molar-refractivity contribution in [2.24, 2.45) is 0 Å². The summed E-state index contributed by atoms with van der Waals surface area (Å²) in [6.45, 7) is 1.85. The summed E-state index contributed by atoms with van der Waals surface area (Å²) in [4.78, 5) is 37.9. The molecule has 2 aromatic carbocycles. The van der Waals surface area contributed by atoms with Gasteiger partial charge in [-0.25, -0.2) is 23.4 Å². The summed E-state index contributed by atoms with van der Waals surface area (Å²) in [6, 6.07) is 15.9. The van der Waals surface area contributed by atoms with Crippen molar-refractivity contribution in [1.82, 2.24) is 10.9 Å². The highest BCUT2D eigenvalue weighted by Gasteiger charge is 2.20. The zero-order valence-electron chi connectivity index (χ0n) is 18.2. The molecule has 0 aliphatic rings. The van der Waals surface area contributed by atoms with Crippen molar-refractivity contribution in [3.8, 4) is 10.4 Å². The first-order valence-electron chi connectivity index (χ1n) is 9.98. The summed E-state index contributed by atoms with van der Waals surface area (Å²) in [6.07, 6.45) is 0.990. The molecule has 3 amide bonds. The Hall–Kier alpha value is -3.90. The predicted octanol–water partition coefficient (Wildman–Crippen LogP) is 3.43. The van der Waals surface area contributed by atoms with E-state index in [0.29, 0.717) is 0 Å². The number of carbonyl (C=O) groups is 3. The van der Waals surface area contributed by atoms with Crippen LogP contribution in [-0.4, -0.2) is 39.2 Å². The lowest BCUT2D eigenvalue weighted by Crippen LogP contribution is -2.44. The van der Waals surface area contributed by atoms with E-state index in [1.807, 2.05) is 30.3 Å². The molecule has 3 rings (SSSR count). The van der Waals surface area contributed by atoms with E-state index < -0.39 is 27.9 Å². The van der Waals surface area contributed by atoms with Crippen LogP contribution in [0, 0.1) is 0 Å². The molecule has 178 valence electrons. The number of hydrogen-bond donors (Lipinski definition) is 4. The lowest BCUT2D eigenvalue weighted by Gasteiger charge is -2.10. The molecule has 0 saturated heterocycles. The van der Waals surface area contributed by atoms with Crippen molar-refractivity contribution in [1.29, 1.82) is 0 Å². The molecule has 34 heavy (non-hydrogen) atoms. The number of ether oxygens (including phenoxy) is 1. The minimum absolute atomic E-state index is 0.114. The first kappa shape index (κ1) is 24.7. The molecular formula is C22H22N4O6S2. The van der Waals surface area contributed by atoms with Gasteiger partial charge in [-0.3, -0.25) is 20.3 Å². The van der Waals surface area contributed by atoms with Gasteiger partial charge in [-0.1, -0.05) is 36.4 Å². The third-order valence-corrected chi connectivity index (χ3v) is 5.94. The zero-order chi connectivity index (χ0) is 24.7. The first-order valence-corrected chi connectivity index (χ1v) is 12.7. The average Bonchev–Trinajstić information content (AvgIpc) is 3.21. The maximum atomic E-state index is 12.4. The lowest BCUT2D eigenvalue weighted by molar-refractivity contribution is 0.0528. The average molecular weight is 503 g/mol. The van der Waals surface area contributed by atoms with Gasteiger partial charge in [-0.15, -0.1) is 11.3 Å². The predicted molar refractivity (Wildman–Crippen MR) is 130 cm³/mol. The Morgan fingerprint density at radius 3 is 2.38 bits per heavy atom. The lowest BCUT2D eigenvalue weighted by atomic mass is 10.1. The van der Waals surface area contributed by atoms with Gasteiger partial charge in [-0.05, 0) is 36.8 Å².